The van der Waals surface area contributed by atoms with Crippen molar-refractivity contribution in [3.05, 3.63) is 58.9 Å². The second-order valence-electron chi connectivity index (χ2n) is 7.77. The molecule has 0 amide bonds. The van der Waals surface area contributed by atoms with Gasteiger partial charge in [0.25, 0.3) is 0 Å². The number of pyridine rings is 1. The molecule has 3 aromatic rings. The van der Waals surface area contributed by atoms with Crippen molar-refractivity contribution in [1.82, 2.24) is 9.55 Å². The molecule has 1 atom stereocenters. The zero-order chi connectivity index (χ0) is 20.4. The zero-order valence-corrected chi connectivity index (χ0v) is 19.2. The molecule has 162 valence electrons. The highest BCUT2D eigenvalue weighted by molar-refractivity contribution is 5.93. The molecule has 0 aliphatic carbocycles. The topological polar surface area (TPSA) is 39.5 Å². The second kappa shape index (κ2) is 9.82. The van der Waals surface area contributed by atoms with Crippen LogP contribution in [0.25, 0.3) is 10.9 Å². The molecular weight excluding hydrogens is 398 g/mol. The monoisotopic (exact) mass is 429 g/mol. The fourth-order valence-electron chi connectivity index (χ4n) is 4.59. The molecule has 0 saturated heterocycles. The van der Waals surface area contributed by atoms with E-state index >= 15 is 0 Å². The Hall–Kier alpha value is -2.08. The highest BCUT2D eigenvalue weighted by Crippen LogP contribution is 2.39. The van der Waals surface area contributed by atoms with Gasteiger partial charge in [-0.1, -0.05) is 31.2 Å². The Morgan fingerprint density at radius 1 is 1.13 bits per heavy atom. The SMILES string of the molecule is CCC1c2ccccc2CCN1c1nccc2c(C)c(C)n(COCCOC)c12.Cl. The second-order valence-corrected chi connectivity index (χ2v) is 7.77. The summed E-state index contributed by atoms with van der Waals surface area (Å²) in [6.07, 6.45) is 4.05. The number of aromatic nitrogens is 2. The van der Waals surface area contributed by atoms with Crippen LogP contribution in [0.1, 0.15) is 41.8 Å². The number of anilines is 1. The summed E-state index contributed by atoms with van der Waals surface area (Å²) in [6.45, 7) is 9.30. The number of hydrogen-bond acceptors (Lipinski definition) is 4. The van der Waals surface area contributed by atoms with Gasteiger partial charge in [-0.25, -0.2) is 4.98 Å². The average Bonchev–Trinajstić information content (AvgIpc) is 3.00. The lowest BCUT2D eigenvalue weighted by Gasteiger charge is -2.38. The first-order valence-electron chi connectivity index (χ1n) is 10.5. The molecule has 0 N–H and O–H groups in total. The van der Waals surface area contributed by atoms with Crippen molar-refractivity contribution in [2.75, 3.05) is 31.8 Å². The zero-order valence-electron chi connectivity index (χ0n) is 18.4. The van der Waals surface area contributed by atoms with Gasteiger partial charge in [-0.15, -0.1) is 12.4 Å². The summed E-state index contributed by atoms with van der Waals surface area (Å²) in [6, 6.07) is 11.3. The molecule has 1 aliphatic rings. The number of benzene rings is 1. The summed E-state index contributed by atoms with van der Waals surface area (Å²) in [5.74, 6) is 1.07. The van der Waals surface area contributed by atoms with Crippen LogP contribution in [0.5, 0.6) is 0 Å². The van der Waals surface area contributed by atoms with Crippen molar-refractivity contribution >= 4 is 29.1 Å². The Morgan fingerprint density at radius 3 is 2.70 bits per heavy atom. The van der Waals surface area contributed by atoms with Crippen LogP contribution in [0.3, 0.4) is 0 Å². The minimum absolute atomic E-state index is 0. The van der Waals surface area contributed by atoms with E-state index in [0.717, 1.165) is 25.2 Å². The summed E-state index contributed by atoms with van der Waals surface area (Å²) in [4.78, 5) is 7.38. The van der Waals surface area contributed by atoms with E-state index in [9.17, 15) is 0 Å². The van der Waals surface area contributed by atoms with Crippen molar-refractivity contribution < 1.29 is 9.47 Å². The summed E-state index contributed by atoms with van der Waals surface area (Å²) in [7, 11) is 1.70. The number of aryl methyl sites for hydroxylation is 1. The molecule has 3 heterocycles. The molecule has 0 radical (unpaired) electrons. The third kappa shape index (κ3) is 3.94. The van der Waals surface area contributed by atoms with Crippen molar-refractivity contribution in [3.63, 3.8) is 0 Å². The van der Waals surface area contributed by atoms with Crippen molar-refractivity contribution in [2.45, 2.75) is 46.4 Å². The first-order valence-corrected chi connectivity index (χ1v) is 10.5. The van der Waals surface area contributed by atoms with Gasteiger partial charge >= 0.3 is 0 Å². The number of fused-ring (bicyclic) bond motifs is 2. The van der Waals surface area contributed by atoms with E-state index in [1.54, 1.807) is 7.11 Å². The lowest BCUT2D eigenvalue weighted by atomic mass is 9.91. The van der Waals surface area contributed by atoms with Gasteiger partial charge < -0.3 is 18.9 Å². The largest absolute Gasteiger partial charge is 0.382 e. The summed E-state index contributed by atoms with van der Waals surface area (Å²) in [5, 5.41) is 1.26. The predicted molar refractivity (Wildman–Crippen MR) is 125 cm³/mol. The van der Waals surface area contributed by atoms with Crippen LogP contribution in [-0.2, 0) is 22.6 Å². The molecule has 0 spiro atoms. The van der Waals surface area contributed by atoms with Gasteiger partial charge in [-0.2, -0.15) is 0 Å². The molecule has 2 aromatic heterocycles. The smallest absolute Gasteiger partial charge is 0.153 e. The molecular formula is C24H32ClN3O2. The average molecular weight is 430 g/mol. The van der Waals surface area contributed by atoms with Gasteiger partial charge in [-0.05, 0) is 49.4 Å². The normalized spacial score (nSPS) is 15.9. The van der Waals surface area contributed by atoms with Crippen LogP contribution in [0.15, 0.2) is 36.5 Å². The van der Waals surface area contributed by atoms with E-state index < -0.39 is 0 Å². The first kappa shape index (κ1) is 22.6. The number of methoxy groups -OCH3 is 1. The van der Waals surface area contributed by atoms with Crippen molar-refractivity contribution in [2.24, 2.45) is 0 Å². The standard InChI is InChI=1S/C24H31N3O2.ClH/c1-5-22-21-9-7-6-8-19(21)11-13-26(22)24-23-20(10-12-25-24)17(2)18(3)27(23)16-29-15-14-28-4;/h6-10,12,22H,5,11,13-16H2,1-4H3;1H. The maximum absolute atomic E-state index is 5.91. The van der Waals surface area contributed by atoms with Crippen LogP contribution in [-0.4, -0.2) is 36.4 Å². The molecule has 0 fully saturated rings. The minimum Gasteiger partial charge on any atom is -0.382 e. The van der Waals surface area contributed by atoms with Gasteiger partial charge in [-0.3, -0.25) is 0 Å². The Balaban J connectivity index is 0.00000256. The predicted octanol–water partition coefficient (Wildman–Crippen LogP) is 5.21. The van der Waals surface area contributed by atoms with E-state index in [1.807, 2.05) is 6.20 Å². The Bertz CT molecular complexity index is 1000. The van der Waals surface area contributed by atoms with Crippen LogP contribution in [0.2, 0.25) is 0 Å². The molecule has 5 nitrogen and oxygen atoms in total. The molecule has 6 heteroatoms. The molecule has 1 unspecified atom stereocenters. The van der Waals surface area contributed by atoms with Gasteiger partial charge in [0.1, 0.15) is 6.73 Å². The number of nitrogens with zero attached hydrogens (tertiary/aromatic N) is 3. The van der Waals surface area contributed by atoms with Gasteiger partial charge in [0.15, 0.2) is 5.82 Å². The van der Waals surface area contributed by atoms with E-state index in [4.69, 9.17) is 14.5 Å². The van der Waals surface area contributed by atoms with Gasteiger partial charge in [0.2, 0.25) is 0 Å². The molecule has 0 saturated carbocycles. The summed E-state index contributed by atoms with van der Waals surface area (Å²) < 4.78 is 13.3. The third-order valence-corrected chi connectivity index (χ3v) is 6.25. The third-order valence-electron chi connectivity index (χ3n) is 6.25. The van der Waals surface area contributed by atoms with E-state index in [2.05, 4.69) is 60.6 Å². The van der Waals surface area contributed by atoms with E-state index in [1.165, 1.54) is 33.3 Å². The number of rotatable bonds is 7. The van der Waals surface area contributed by atoms with Crippen molar-refractivity contribution in [3.8, 4) is 0 Å². The molecule has 0 bridgehead atoms. The van der Waals surface area contributed by atoms with Crippen LogP contribution in [0.4, 0.5) is 5.82 Å². The highest BCUT2D eigenvalue weighted by atomic mass is 35.5. The Morgan fingerprint density at radius 2 is 1.93 bits per heavy atom. The maximum atomic E-state index is 5.91. The van der Waals surface area contributed by atoms with E-state index in [-0.39, 0.29) is 12.4 Å². The van der Waals surface area contributed by atoms with Gasteiger partial charge in [0, 0.05) is 30.9 Å². The minimum atomic E-state index is 0. The number of ether oxygens (including phenoxy) is 2. The highest BCUT2D eigenvalue weighted by Gasteiger charge is 2.29. The molecule has 1 aromatic carbocycles. The van der Waals surface area contributed by atoms with E-state index in [0.29, 0.717) is 26.0 Å². The molecule has 1 aliphatic heterocycles. The lowest BCUT2D eigenvalue weighted by Crippen LogP contribution is -2.36. The Kier molecular flexibility index (Phi) is 7.40. The molecule has 4 rings (SSSR count). The Labute approximate surface area is 185 Å². The van der Waals surface area contributed by atoms with Crippen LogP contribution >= 0.6 is 12.4 Å². The van der Waals surface area contributed by atoms with Crippen molar-refractivity contribution in [1.29, 1.82) is 0 Å². The summed E-state index contributed by atoms with van der Waals surface area (Å²) in [5.41, 5.74) is 6.61. The molecule has 30 heavy (non-hydrogen) atoms. The fourth-order valence-corrected chi connectivity index (χ4v) is 4.59. The number of hydrogen-bond donors (Lipinski definition) is 0. The van der Waals surface area contributed by atoms with Crippen LogP contribution in [0, 0.1) is 13.8 Å². The first-order chi connectivity index (χ1) is 14.2. The fraction of sp³-hybridized carbons (Fsp3) is 0.458. The lowest BCUT2D eigenvalue weighted by molar-refractivity contribution is 0.0353. The maximum Gasteiger partial charge on any atom is 0.153 e. The van der Waals surface area contributed by atoms with Gasteiger partial charge in [0.05, 0.1) is 24.8 Å². The summed E-state index contributed by atoms with van der Waals surface area (Å²) >= 11 is 0. The van der Waals surface area contributed by atoms with Crippen LogP contribution < -0.4 is 4.90 Å². The number of halogens is 1. The quantitative estimate of drug-likeness (QED) is 0.483.